The van der Waals surface area contributed by atoms with Gasteiger partial charge in [-0.05, 0) is 18.4 Å². The van der Waals surface area contributed by atoms with Crippen LogP contribution in [-0.4, -0.2) is 23.0 Å². The van der Waals surface area contributed by atoms with Crippen molar-refractivity contribution in [2.24, 2.45) is 11.7 Å². The first-order chi connectivity index (χ1) is 9.59. The average molecular weight is 276 g/mol. The number of hydrogen-bond acceptors (Lipinski definition) is 3. The summed E-state index contributed by atoms with van der Waals surface area (Å²) in [4.78, 5) is 23.4. The second-order valence-electron chi connectivity index (χ2n) is 5.23. The number of carboxylic acids is 1. The molecule has 3 unspecified atom stereocenters. The summed E-state index contributed by atoms with van der Waals surface area (Å²) in [6.07, 6.45) is 3.15. The van der Waals surface area contributed by atoms with Gasteiger partial charge in [-0.3, -0.25) is 9.59 Å². The fraction of sp³-hybridized carbons (Fsp3) is 0.467. The molecule has 1 amide bonds. The van der Waals surface area contributed by atoms with E-state index < -0.39 is 17.9 Å². The Balaban J connectivity index is 2.01. The zero-order valence-corrected chi connectivity index (χ0v) is 11.3. The molecule has 1 aliphatic rings. The van der Waals surface area contributed by atoms with Crippen LogP contribution in [0, 0.1) is 5.92 Å². The van der Waals surface area contributed by atoms with Gasteiger partial charge in [0.25, 0.3) is 0 Å². The van der Waals surface area contributed by atoms with Gasteiger partial charge in [0, 0.05) is 6.04 Å². The minimum atomic E-state index is -0.844. The number of carbonyl (C=O) groups is 2. The molecule has 0 radical (unpaired) electrons. The predicted octanol–water partition coefficient (Wildman–Crippen LogP) is 1.45. The highest BCUT2D eigenvalue weighted by Gasteiger charge is 2.32. The van der Waals surface area contributed by atoms with E-state index >= 15 is 0 Å². The summed E-state index contributed by atoms with van der Waals surface area (Å²) in [6.45, 7) is 0. The lowest BCUT2D eigenvalue weighted by Gasteiger charge is -2.30. The topological polar surface area (TPSA) is 92.4 Å². The van der Waals surface area contributed by atoms with E-state index in [1.165, 1.54) is 0 Å². The van der Waals surface area contributed by atoms with Gasteiger partial charge in [0.2, 0.25) is 5.91 Å². The summed E-state index contributed by atoms with van der Waals surface area (Å²) in [7, 11) is 0. The fourth-order valence-corrected chi connectivity index (χ4v) is 2.68. The lowest BCUT2D eigenvalue weighted by Crippen LogP contribution is -2.47. The fourth-order valence-electron chi connectivity index (χ4n) is 2.68. The number of hydrogen-bond donors (Lipinski definition) is 3. The Morgan fingerprint density at radius 2 is 1.85 bits per heavy atom. The van der Waals surface area contributed by atoms with Crippen molar-refractivity contribution in [3.05, 3.63) is 35.9 Å². The van der Waals surface area contributed by atoms with Gasteiger partial charge in [-0.1, -0.05) is 43.2 Å². The van der Waals surface area contributed by atoms with Crippen LogP contribution in [0.2, 0.25) is 0 Å². The van der Waals surface area contributed by atoms with E-state index in [1.807, 2.05) is 18.2 Å². The molecule has 0 aliphatic heterocycles. The second kappa shape index (κ2) is 6.52. The van der Waals surface area contributed by atoms with Crippen LogP contribution in [0.3, 0.4) is 0 Å². The number of aliphatic carboxylic acids is 1. The zero-order valence-electron chi connectivity index (χ0n) is 11.3. The van der Waals surface area contributed by atoms with Crippen LogP contribution < -0.4 is 11.1 Å². The molecule has 20 heavy (non-hydrogen) atoms. The molecule has 1 aliphatic carbocycles. The van der Waals surface area contributed by atoms with Crippen LogP contribution in [0.15, 0.2) is 30.3 Å². The normalized spacial score (nSPS) is 23.9. The van der Waals surface area contributed by atoms with Gasteiger partial charge in [-0.2, -0.15) is 0 Å². The Hall–Kier alpha value is -1.88. The van der Waals surface area contributed by atoms with E-state index in [-0.39, 0.29) is 11.9 Å². The molecule has 0 aromatic heterocycles. The van der Waals surface area contributed by atoms with E-state index in [9.17, 15) is 14.7 Å². The zero-order chi connectivity index (χ0) is 14.5. The molecular formula is C15H20N2O3. The Morgan fingerprint density at radius 3 is 2.50 bits per heavy atom. The molecule has 5 heteroatoms. The highest BCUT2D eigenvalue weighted by molar-refractivity contribution is 5.84. The number of benzene rings is 1. The van der Waals surface area contributed by atoms with Gasteiger partial charge in [0.15, 0.2) is 0 Å². The summed E-state index contributed by atoms with van der Waals surface area (Å²) in [5.74, 6) is -1.66. The summed E-state index contributed by atoms with van der Waals surface area (Å²) in [5, 5.41) is 12.0. The van der Waals surface area contributed by atoms with Gasteiger partial charge < -0.3 is 16.2 Å². The van der Waals surface area contributed by atoms with E-state index in [0.717, 1.165) is 18.4 Å². The minimum absolute atomic E-state index is 0.311. The van der Waals surface area contributed by atoms with Gasteiger partial charge in [-0.15, -0.1) is 0 Å². The molecule has 4 N–H and O–H groups in total. The summed E-state index contributed by atoms with van der Waals surface area (Å²) in [6, 6.07) is 8.01. The maximum Gasteiger partial charge on any atom is 0.308 e. The van der Waals surface area contributed by atoms with Gasteiger partial charge in [0.05, 0.1) is 5.92 Å². The van der Waals surface area contributed by atoms with Crippen molar-refractivity contribution in [3.8, 4) is 0 Å². The molecule has 1 saturated carbocycles. The van der Waals surface area contributed by atoms with Crippen LogP contribution in [-0.2, 0) is 9.59 Å². The summed E-state index contributed by atoms with van der Waals surface area (Å²) < 4.78 is 0. The molecule has 108 valence electrons. The average Bonchev–Trinajstić information content (AvgIpc) is 2.47. The highest BCUT2D eigenvalue weighted by Crippen LogP contribution is 2.25. The van der Waals surface area contributed by atoms with Crippen molar-refractivity contribution in [2.75, 3.05) is 0 Å². The number of nitrogens with one attached hydrogen (secondary N) is 1. The highest BCUT2D eigenvalue weighted by atomic mass is 16.4. The van der Waals surface area contributed by atoms with Crippen molar-refractivity contribution >= 4 is 11.9 Å². The second-order valence-corrected chi connectivity index (χ2v) is 5.23. The van der Waals surface area contributed by atoms with Crippen molar-refractivity contribution < 1.29 is 14.7 Å². The maximum atomic E-state index is 12.2. The monoisotopic (exact) mass is 276 g/mol. The molecule has 0 bridgehead atoms. The van der Waals surface area contributed by atoms with E-state index in [1.54, 1.807) is 12.1 Å². The number of carbonyl (C=O) groups excluding carboxylic acids is 1. The third-order valence-electron chi connectivity index (χ3n) is 3.85. The van der Waals surface area contributed by atoms with Crippen LogP contribution in [0.1, 0.15) is 37.3 Å². The smallest absolute Gasteiger partial charge is 0.308 e. The standard InChI is InChI=1S/C15H20N2O3/c16-13(10-6-2-1-3-7-10)14(18)17-12-9-5-4-8-11(12)15(19)20/h1-3,6-7,11-13H,4-5,8-9,16H2,(H,17,18)(H,19,20). The molecule has 1 aromatic carbocycles. The van der Waals surface area contributed by atoms with Crippen molar-refractivity contribution in [1.29, 1.82) is 0 Å². The van der Waals surface area contributed by atoms with Gasteiger partial charge in [0.1, 0.15) is 6.04 Å². The molecular weight excluding hydrogens is 256 g/mol. The molecule has 0 spiro atoms. The largest absolute Gasteiger partial charge is 0.481 e. The minimum Gasteiger partial charge on any atom is -0.481 e. The molecule has 1 aromatic rings. The molecule has 2 rings (SSSR count). The predicted molar refractivity (Wildman–Crippen MR) is 74.9 cm³/mol. The van der Waals surface area contributed by atoms with Crippen molar-refractivity contribution in [3.63, 3.8) is 0 Å². The summed E-state index contributed by atoms with van der Waals surface area (Å²) >= 11 is 0. The molecule has 0 heterocycles. The Labute approximate surface area is 118 Å². The molecule has 1 fully saturated rings. The van der Waals surface area contributed by atoms with E-state index in [0.29, 0.717) is 12.8 Å². The van der Waals surface area contributed by atoms with Crippen LogP contribution >= 0.6 is 0 Å². The van der Waals surface area contributed by atoms with Crippen LogP contribution in [0.4, 0.5) is 0 Å². The van der Waals surface area contributed by atoms with E-state index in [2.05, 4.69) is 5.32 Å². The van der Waals surface area contributed by atoms with Crippen LogP contribution in [0.25, 0.3) is 0 Å². The van der Waals surface area contributed by atoms with Gasteiger partial charge in [-0.25, -0.2) is 0 Å². The third-order valence-corrected chi connectivity index (χ3v) is 3.85. The first-order valence-electron chi connectivity index (χ1n) is 6.93. The van der Waals surface area contributed by atoms with Crippen LogP contribution in [0.5, 0.6) is 0 Å². The molecule has 3 atom stereocenters. The maximum absolute atomic E-state index is 12.2. The Bertz CT molecular complexity index is 475. The third kappa shape index (κ3) is 3.36. The quantitative estimate of drug-likeness (QED) is 0.776. The SMILES string of the molecule is NC(C(=O)NC1CCCCC1C(=O)O)c1ccccc1. The van der Waals surface area contributed by atoms with E-state index in [4.69, 9.17) is 5.73 Å². The molecule has 5 nitrogen and oxygen atoms in total. The number of nitrogens with two attached hydrogens (primary N) is 1. The number of rotatable bonds is 4. The van der Waals surface area contributed by atoms with Gasteiger partial charge >= 0.3 is 5.97 Å². The first-order valence-corrected chi connectivity index (χ1v) is 6.93. The number of amides is 1. The lowest BCUT2D eigenvalue weighted by atomic mass is 9.84. The number of carboxylic acid groups (broad SMARTS) is 1. The Kier molecular flexibility index (Phi) is 4.74. The Morgan fingerprint density at radius 1 is 1.20 bits per heavy atom. The first kappa shape index (κ1) is 14.5. The summed E-state index contributed by atoms with van der Waals surface area (Å²) in [5.41, 5.74) is 6.65. The molecule has 0 saturated heterocycles. The lowest BCUT2D eigenvalue weighted by molar-refractivity contribution is -0.144. The van der Waals surface area contributed by atoms with Crippen molar-refractivity contribution in [1.82, 2.24) is 5.32 Å². The van der Waals surface area contributed by atoms with Crippen molar-refractivity contribution in [2.45, 2.75) is 37.8 Å².